The van der Waals surface area contributed by atoms with Crippen LogP contribution in [0.4, 0.5) is 0 Å². The molecule has 0 aliphatic rings. The summed E-state index contributed by atoms with van der Waals surface area (Å²) in [6.45, 7) is 8.98. The Bertz CT molecular complexity index is 1050. The number of nitrogens with zero attached hydrogens (tertiary/aromatic N) is 2. The van der Waals surface area contributed by atoms with E-state index in [1.54, 1.807) is 18.2 Å². The van der Waals surface area contributed by atoms with Crippen molar-refractivity contribution in [1.29, 1.82) is 0 Å². The van der Waals surface area contributed by atoms with Gasteiger partial charge >= 0.3 is 0 Å². The SMILES string of the molecule is CCn1nc(C(=O)NCC(C)(C)c2cccc(C)c2)c2ccccc2c1=O. The van der Waals surface area contributed by atoms with Crippen molar-refractivity contribution in [2.75, 3.05) is 6.54 Å². The summed E-state index contributed by atoms with van der Waals surface area (Å²) in [5, 5.41) is 8.39. The maximum atomic E-state index is 12.9. The Morgan fingerprint density at radius 2 is 1.81 bits per heavy atom. The van der Waals surface area contributed by atoms with Crippen molar-refractivity contribution < 1.29 is 4.79 Å². The predicted molar refractivity (Wildman–Crippen MR) is 108 cm³/mol. The number of hydrogen-bond donors (Lipinski definition) is 1. The zero-order chi connectivity index (χ0) is 19.6. The lowest BCUT2D eigenvalue weighted by atomic mass is 9.84. The van der Waals surface area contributed by atoms with E-state index in [1.165, 1.54) is 15.8 Å². The fourth-order valence-electron chi connectivity index (χ4n) is 3.17. The first-order valence-electron chi connectivity index (χ1n) is 9.18. The highest BCUT2D eigenvalue weighted by molar-refractivity contribution is 6.04. The van der Waals surface area contributed by atoms with Crippen molar-refractivity contribution in [3.8, 4) is 0 Å². The van der Waals surface area contributed by atoms with Crippen LogP contribution in [0.3, 0.4) is 0 Å². The summed E-state index contributed by atoms with van der Waals surface area (Å²) in [5.41, 5.74) is 2.24. The molecular weight excluding hydrogens is 338 g/mol. The molecule has 0 aliphatic carbocycles. The number of rotatable bonds is 5. The second-order valence-electron chi connectivity index (χ2n) is 7.45. The summed E-state index contributed by atoms with van der Waals surface area (Å²) >= 11 is 0. The first-order chi connectivity index (χ1) is 12.8. The summed E-state index contributed by atoms with van der Waals surface area (Å²) in [6, 6.07) is 15.4. The molecule has 1 amide bonds. The Morgan fingerprint density at radius 1 is 1.11 bits per heavy atom. The van der Waals surface area contributed by atoms with Crippen LogP contribution in [0.1, 0.15) is 42.4 Å². The molecule has 1 N–H and O–H groups in total. The van der Waals surface area contributed by atoms with E-state index < -0.39 is 0 Å². The van der Waals surface area contributed by atoms with Crippen LogP contribution in [0.15, 0.2) is 53.3 Å². The predicted octanol–water partition coefficient (Wildman–Crippen LogP) is 3.43. The van der Waals surface area contributed by atoms with Gasteiger partial charge in [0.05, 0.1) is 5.39 Å². The minimum Gasteiger partial charge on any atom is -0.350 e. The highest BCUT2D eigenvalue weighted by Gasteiger charge is 2.23. The monoisotopic (exact) mass is 363 g/mol. The average Bonchev–Trinajstić information content (AvgIpc) is 2.67. The van der Waals surface area contributed by atoms with Crippen molar-refractivity contribution in [2.24, 2.45) is 0 Å². The maximum absolute atomic E-state index is 12.9. The van der Waals surface area contributed by atoms with Gasteiger partial charge in [-0.05, 0) is 25.5 Å². The Balaban J connectivity index is 1.91. The Labute approximate surface area is 159 Å². The van der Waals surface area contributed by atoms with E-state index >= 15 is 0 Å². The van der Waals surface area contributed by atoms with Gasteiger partial charge < -0.3 is 5.32 Å². The summed E-state index contributed by atoms with van der Waals surface area (Å²) in [6.07, 6.45) is 0. The van der Waals surface area contributed by atoms with E-state index in [2.05, 4.69) is 49.4 Å². The van der Waals surface area contributed by atoms with E-state index in [1.807, 2.05) is 19.1 Å². The topological polar surface area (TPSA) is 64.0 Å². The molecule has 2 aromatic carbocycles. The van der Waals surface area contributed by atoms with Gasteiger partial charge in [0.25, 0.3) is 11.5 Å². The van der Waals surface area contributed by atoms with Crippen LogP contribution in [0.25, 0.3) is 10.8 Å². The largest absolute Gasteiger partial charge is 0.350 e. The number of nitrogens with one attached hydrogen (secondary N) is 1. The van der Waals surface area contributed by atoms with Crippen LogP contribution in [-0.2, 0) is 12.0 Å². The van der Waals surface area contributed by atoms with E-state index in [4.69, 9.17) is 0 Å². The maximum Gasteiger partial charge on any atom is 0.274 e. The van der Waals surface area contributed by atoms with Gasteiger partial charge in [-0.15, -0.1) is 0 Å². The summed E-state index contributed by atoms with van der Waals surface area (Å²) in [5.74, 6) is -0.269. The molecule has 0 aliphatic heterocycles. The van der Waals surface area contributed by atoms with Crippen LogP contribution in [0.2, 0.25) is 0 Å². The minimum absolute atomic E-state index is 0.176. The van der Waals surface area contributed by atoms with Crippen molar-refractivity contribution >= 4 is 16.7 Å². The molecule has 1 heterocycles. The molecule has 0 radical (unpaired) electrons. The summed E-state index contributed by atoms with van der Waals surface area (Å²) < 4.78 is 1.34. The number of carbonyl (C=O) groups is 1. The molecule has 0 saturated carbocycles. The van der Waals surface area contributed by atoms with E-state index in [-0.39, 0.29) is 22.6 Å². The van der Waals surface area contributed by atoms with Gasteiger partial charge in [-0.3, -0.25) is 9.59 Å². The summed E-state index contributed by atoms with van der Waals surface area (Å²) in [4.78, 5) is 25.3. The molecule has 0 unspecified atom stereocenters. The molecule has 27 heavy (non-hydrogen) atoms. The molecule has 140 valence electrons. The van der Waals surface area contributed by atoms with Gasteiger partial charge in [0.15, 0.2) is 5.69 Å². The zero-order valence-corrected chi connectivity index (χ0v) is 16.2. The van der Waals surface area contributed by atoms with Crippen LogP contribution < -0.4 is 10.9 Å². The molecular formula is C22H25N3O2. The zero-order valence-electron chi connectivity index (χ0n) is 16.2. The molecule has 0 fully saturated rings. The summed E-state index contributed by atoms with van der Waals surface area (Å²) in [7, 11) is 0. The smallest absolute Gasteiger partial charge is 0.274 e. The third kappa shape index (κ3) is 3.77. The van der Waals surface area contributed by atoms with Crippen molar-refractivity contribution in [2.45, 2.75) is 39.7 Å². The number of aryl methyl sites for hydroxylation is 2. The fraction of sp³-hybridized carbons (Fsp3) is 0.318. The highest BCUT2D eigenvalue weighted by Crippen LogP contribution is 2.23. The third-order valence-corrected chi connectivity index (χ3v) is 4.87. The average molecular weight is 363 g/mol. The molecule has 0 atom stereocenters. The fourth-order valence-corrected chi connectivity index (χ4v) is 3.17. The minimum atomic E-state index is -0.269. The molecule has 0 spiro atoms. The second-order valence-corrected chi connectivity index (χ2v) is 7.45. The molecule has 3 rings (SSSR count). The van der Waals surface area contributed by atoms with Gasteiger partial charge in [-0.1, -0.05) is 61.9 Å². The van der Waals surface area contributed by atoms with Gasteiger partial charge in [0.1, 0.15) is 0 Å². The number of hydrogen-bond acceptors (Lipinski definition) is 3. The normalized spacial score (nSPS) is 11.6. The van der Waals surface area contributed by atoms with Crippen molar-refractivity contribution in [3.63, 3.8) is 0 Å². The van der Waals surface area contributed by atoms with Gasteiger partial charge in [0.2, 0.25) is 0 Å². The number of fused-ring (bicyclic) bond motifs is 1. The van der Waals surface area contributed by atoms with Crippen LogP contribution >= 0.6 is 0 Å². The Hall–Kier alpha value is -2.95. The Morgan fingerprint density at radius 3 is 2.48 bits per heavy atom. The van der Waals surface area contributed by atoms with Gasteiger partial charge in [-0.2, -0.15) is 5.10 Å². The molecule has 5 nitrogen and oxygen atoms in total. The lowest BCUT2D eigenvalue weighted by Gasteiger charge is -2.26. The first kappa shape index (κ1) is 18.8. The lowest BCUT2D eigenvalue weighted by molar-refractivity contribution is 0.0940. The number of carbonyl (C=O) groups excluding carboxylic acids is 1. The second kappa shape index (κ2) is 7.35. The lowest BCUT2D eigenvalue weighted by Crippen LogP contribution is -2.38. The molecule has 0 saturated heterocycles. The number of benzene rings is 2. The van der Waals surface area contributed by atoms with Gasteiger partial charge in [0, 0.05) is 23.9 Å². The van der Waals surface area contributed by atoms with E-state index in [9.17, 15) is 9.59 Å². The van der Waals surface area contributed by atoms with Crippen LogP contribution in [0.5, 0.6) is 0 Å². The quantitative estimate of drug-likeness (QED) is 0.755. The van der Waals surface area contributed by atoms with Crippen LogP contribution in [0, 0.1) is 6.92 Å². The van der Waals surface area contributed by atoms with Gasteiger partial charge in [-0.25, -0.2) is 4.68 Å². The van der Waals surface area contributed by atoms with E-state index in [0.29, 0.717) is 23.9 Å². The van der Waals surface area contributed by atoms with Crippen LogP contribution in [-0.4, -0.2) is 22.2 Å². The molecule has 5 heteroatoms. The standard InChI is InChI=1S/C22H25N3O2/c1-5-25-21(27)18-12-7-6-11-17(18)19(24-25)20(26)23-14-22(3,4)16-10-8-9-15(2)13-16/h6-13H,5,14H2,1-4H3,(H,23,26). The van der Waals surface area contributed by atoms with Crippen molar-refractivity contribution in [3.05, 3.63) is 75.7 Å². The number of amides is 1. The Kier molecular flexibility index (Phi) is 5.13. The molecule has 3 aromatic rings. The highest BCUT2D eigenvalue weighted by atomic mass is 16.2. The first-order valence-corrected chi connectivity index (χ1v) is 9.18. The molecule has 1 aromatic heterocycles. The number of aromatic nitrogens is 2. The third-order valence-electron chi connectivity index (χ3n) is 4.87. The molecule has 0 bridgehead atoms. The van der Waals surface area contributed by atoms with E-state index in [0.717, 1.165) is 0 Å². The van der Waals surface area contributed by atoms with Crippen molar-refractivity contribution in [1.82, 2.24) is 15.1 Å².